The van der Waals surface area contributed by atoms with Crippen LogP contribution in [0.4, 0.5) is 10.5 Å². The summed E-state index contributed by atoms with van der Waals surface area (Å²) in [6.07, 6.45) is 0.258. The minimum absolute atomic E-state index is 0.0638. The number of nitrogens with zero attached hydrogens (tertiary/aromatic N) is 3. The van der Waals surface area contributed by atoms with Crippen molar-refractivity contribution in [2.75, 3.05) is 45.0 Å². The highest BCUT2D eigenvalue weighted by molar-refractivity contribution is 6.23. The van der Waals surface area contributed by atoms with Gasteiger partial charge in [-0.1, -0.05) is 97.1 Å². The Kier molecular flexibility index (Phi) is 11.5. The standard InChI is InChI=1S/C46H44N4O9/c1-56-28-29-58-45(55)49-36-18-9-8-17-35(36)46(44(49)54)37(42(52)48-25-23-33-16-10-11-24-47-33)39-43(53)59-40(31-14-6-3-7-15-31)38(30-12-4-2-5-13-30)50(39)41(46)32-19-21-34(22-20-32)57-27-26-51/h2-22,24,37-41,51H,23,25-29H2,1H3,(H,48,52)/t37-,38-,39-,40+,41+,46-/m1/s1. The number of pyridine rings is 1. The number of aliphatic hydroxyl groups is 1. The molecule has 1 aromatic heterocycles. The molecule has 2 fully saturated rings. The summed E-state index contributed by atoms with van der Waals surface area (Å²) in [5.74, 6) is -2.92. The Balaban J connectivity index is 1.37. The van der Waals surface area contributed by atoms with Gasteiger partial charge in [0.15, 0.2) is 0 Å². The lowest BCUT2D eigenvalue weighted by Crippen LogP contribution is -2.56. The lowest BCUT2D eigenvalue weighted by atomic mass is 9.65. The predicted octanol–water partition coefficient (Wildman–Crippen LogP) is 5.26. The molecule has 13 nitrogen and oxygen atoms in total. The molecule has 3 aliphatic rings. The SMILES string of the molecule is COCCOC(=O)N1C(=O)[C@@]2(c3ccccc31)[C@H](c1ccc(OCCO)cc1)N1[C@H](c3ccccc3)[C@H](c3ccccc3)OC(=O)[C@H]1[C@@H]2C(=O)NCCc1ccccn1. The summed E-state index contributed by atoms with van der Waals surface area (Å²) in [7, 11) is 1.47. The Bertz CT molecular complexity index is 2280. The van der Waals surface area contributed by atoms with Gasteiger partial charge in [0.2, 0.25) is 11.8 Å². The Labute approximate surface area is 341 Å². The van der Waals surface area contributed by atoms with Crippen LogP contribution in [0.5, 0.6) is 5.75 Å². The molecule has 8 rings (SSSR count). The number of rotatable bonds is 13. The van der Waals surface area contributed by atoms with E-state index in [1.807, 2.05) is 77.7 Å². The number of esters is 1. The zero-order valence-corrected chi connectivity index (χ0v) is 32.4. The largest absolute Gasteiger partial charge is 0.491 e. The molecule has 0 aliphatic carbocycles. The number of imide groups is 1. The van der Waals surface area contributed by atoms with Gasteiger partial charge in [0.05, 0.1) is 36.9 Å². The topological polar surface area (TPSA) is 157 Å². The normalized spacial score (nSPS) is 23.4. The molecule has 6 atom stereocenters. The number of amides is 3. The Hall–Kier alpha value is -6.41. The lowest BCUT2D eigenvalue weighted by Gasteiger charge is -2.46. The molecule has 1 spiro atoms. The quantitative estimate of drug-likeness (QED) is 0.118. The molecule has 0 saturated carbocycles. The van der Waals surface area contributed by atoms with Crippen LogP contribution in [0.2, 0.25) is 0 Å². The van der Waals surface area contributed by atoms with Crippen molar-refractivity contribution in [2.45, 2.75) is 36.1 Å². The van der Waals surface area contributed by atoms with Crippen LogP contribution in [0, 0.1) is 5.92 Å². The number of morpholine rings is 1. The molecule has 59 heavy (non-hydrogen) atoms. The molecule has 2 N–H and O–H groups in total. The van der Waals surface area contributed by atoms with Crippen molar-refractivity contribution < 1.29 is 43.2 Å². The third-order valence-corrected chi connectivity index (χ3v) is 11.3. The van der Waals surface area contributed by atoms with Gasteiger partial charge in [-0.25, -0.2) is 9.69 Å². The van der Waals surface area contributed by atoms with Crippen LogP contribution in [-0.4, -0.2) is 85.0 Å². The van der Waals surface area contributed by atoms with Gasteiger partial charge >= 0.3 is 12.1 Å². The first-order valence-corrected chi connectivity index (χ1v) is 19.6. The van der Waals surface area contributed by atoms with E-state index >= 15 is 14.4 Å². The minimum Gasteiger partial charge on any atom is -0.491 e. The van der Waals surface area contributed by atoms with E-state index in [1.54, 1.807) is 60.8 Å². The fraction of sp³-hybridized carbons (Fsp3) is 0.283. The average molecular weight is 797 g/mol. The minimum atomic E-state index is -1.89. The Morgan fingerprint density at radius 3 is 2.19 bits per heavy atom. The summed E-state index contributed by atoms with van der Waals surface area (Å²) in [4.78, 5) is 67.6. The van der Waals surface area contributed by atoms with Gasteiger partial charge in [-0.3, -0.25) is 24.3 Å². The predicted molar refractivity (Wildman–Crippen MR) is 215 cm³/mol. The highest BCUT2D eigenvalue weighted by Crippen LogP contribution is 2.65. The van der Waals surface area contributed by atoms with E-state index in [1.165, 1.54) is 7.11 Å². The monoisotopic (exact) mass is 796 g/mol. The molecule has 13 heteroatoms. The first-order valence-electron chi connectivity index (χ1n) is 19.6. The van der Waals surface area contributed by atoms with Crippen molar-refractivity contribution in [3.8, 4) is 5.75 Å². The number of hydrogen-bond acceptors (Lipinski definition) is 11. The molecule has 3 amide bonds. The molecule has 0 unspecified atom stereocenters. The number of fused-ring (bicyclic) bond motifs is 3. The summed E-state index contributed by atoms with van der Waals surface area (Å²) in [6, 6.07) is 35.3. The van der Waals surface area contributed by atoms with Crippen molar-refractivity contribution in [3.05, 3.63) is 162 Å². The number of anilines is 1. The fourth-order valence-corrected chi connectivity index (χ4v) is 9.00. The summed E-state index contributed by atoms with van der Waals surface area (Å²) in [5, 5.41) is 12.5. The van der Waals surface area contributed by atoms with Gasteiger partial charge in [0.1, 0.15) is 36.5 Å². The number of aliphatic hydroxyl groups excluding tert-OH is 1. The maximum atomic E-state index is 15.9. The van der Waals surface area contributed by atoms with E-state index in [2.05, 4.69) is 10.3 Å². The van der Waals surface area contributed by atoms with E-state index in [0.29, 0.717) is 23.3 Å². The van der Waals surface area contributed by atoms with Crippen molar-refractivity contribution in [3.63, 3.8) is 0 Å². The molecule has 4 heterocycles. The number of benzene rings is 4. The highest BCUT2D eigenvalue weighted by atomic mass is 16.6. The third-order valence-electron chi connectivity index (χ3n) is 11.3. The van der Waals surface area contributed by atoms with Gasteiger partial charge in [-0.15, -0.1) is 0 Å². The number of cyclic esters (lactones) is 1. The summed E-state index contributed by atoms with van der Waals surface area (Å²) >= 11 is 0. The number of aromatic nitrogens is 1. The van der Waals surface area contributed by atoms with Gasteiger partial charge in [0, 0.05) is 32.0 Å². The van der Waals surface area contributed by atoms with Crippen LogP contribution in [0.1, 0.15) is 46.1 Å². The number of methoxy groups -OCH3 is 1. The number of ether oxygens (including phenoxy) is 4. The van der Waals surface area contributed by atoms with Crippen molar-refractivity contribution in [2.24, 2.45) is 5.92 Å². The van der Waals surface area contributed by atoms with Crippen LogP contribution >= 0.6 is 0 Å². The number of carbonyl (C=O) groups is 4. The van der Waals surface area contributed by atoms with E-state index in [9.17, 15) is 9.90 Å². The summed E-state index contributed by atoms with van der Waals surface area (Å²) < 4.78 is 22.9. The van der Waals surface area contributed by atoms with Crippen LogP contribution < -0.4 is 15.0 Å². The lowest BCUT2D eigenvalue weighted by molar-refractivity contribution is -0.178. The van der Waals surface area contributed by atoms with Gasteiger partial charge in [-0.2, -0.15) is 0 Å². The van der Waals surface area contributed by atoms with Crippen molar-refractivity contribution in [1.29, 1.82) is 0 Å². The van der Waals surface area contributed by atoms with E-state index in [-0.39, 0.29) is 38.7 Å². The summed E-state index contributed by atoms with van der Waals surface area (Å²) in [6.45, 7) is -0.00621. The van der Waals surface area contributed by atoms with E-state index in [4.69, 9.17) is 18.9 Å². The summed E-state index contributed by atoms with van der Waals surface area (Å²) in [5.41, 5.74) is 1.57. The Morgan fingerprint density at radius 1 is 0.797 bits per heavy atom. The van der Waals surface area contributed by atoms with Crippen molar-refractivity contribution in [1.82, 2.24) is 15.2 Å². The van der Waals surface area contributed by atoms with E-state index < -0.39 is 59.4 Å². The molecule has 0 radical (unpaired) electrons. The zero-order chi connectivity index (χ0) is 40.9. The van der Waals surface area contributed by atoms with Crippen molar-refractivity contribution >= 4 is 29.6 Å². The van der Waals surface area contributed by atoms with Gasteiger partial charge in [0.25, 0.3) is 0 Å². The molecule has 302 valence electrons. The van der Waals surface area contributed by atoms with Crippen LogP contribution in [0.3, 0.4) is 0 Å². The third kappa shape index (κ3) is 7.11. The Morgan fingerprint density at radius 2 is 1.49 bits per heavy atom. The van der Waals surface area contributed by atoms with Gasteiger partial charge in [-0.05, 0) is 52.6 Å². The number of para-hydroxylation sites is 1. The second-order valence-electron chi connectivity index (χ2n) is 14.5. The first-order chi connectivity index (χ1) is 28.9. The number of carbonyl (C=O) groups excluding carboxylic acids is 4. The maximum absolute atomic E-state index is 15.9. The second kappa shape index (κ2) is 17.2. The maximum Gasteiger partial charge on any atom is 0.421 e. The smallest absolute Gasteiger partial charge is 0.421 e. The fourth-order valence-electron chi connectivity index (χ4n) is 9.00. The zero-order valence-electron chi connectivity index (χ0n) is 32.4. The molecule has 0 bridgehead atoms. The molecular weight excluding hydrogens is 753 g/mol. The first kappa shape index (κ1) is 39.4. The highest BCUT2D eigenvalue weighted by Gasteiger charge is 2.75. The number of nitrogens with one attached hydrogen (secondary N) is 1. The van der Waals surface area contributed by atoms with Crippen LogP contribution in [0.15, 0.2) is 134 Å². The second-order valence-corrected chi connectivity index (χ2v) is 14.5. The molecule has 2 saturated heterocycles. The number of hydrogen-bond donors (Lipinski definition) is 2. The molecule has 3 aliphatic heterocycles. The molecule has 5 aromatic rings. The molecular formula is C46H44N4O9. The van der Waals surface area contributed by atoms with Crippen LogP contribution in [0.25, 0.3) is 0 Å². The van der Waals surface area contributed by atoms with E-state index in [0.717, 1.165) is 21.7 Å². The average Bonchev–Trinajstić information content (AvgIpc) is 3.73. The van der Waals surface area contributed by atoms with Gasteiger partial charge < -0.3 is 29.4 Å². The molecule has 4 aromatic carbocycles. The van der Waals surface area contributed by atoms with Crippen LogP contribution in [-0.2, 0) is 40.4 Å².